The van der Waals surface area contributed by atoms with Gasteiger partial charge in [0.1, 0.15) is 5.76 Å². The fraction of sp³-hybridized carbons (Fsp3) is 0.810. The molecule has 1 amide bonds. The van der Waals surface area contributed by atoms with E-state index in [2.05, 4.69) is 29.2 Å². The Morgan fingerprint density at radius 1 is 1.19 bits per heavy atom. The molecular formula is C21H33N3O2. The summed E-state index contributed by atoms with van der Waals surface area (Å²) in [6, 6.07) is 2.62. The van der Waals surface area contributed by atoms with Crippen LogP contribution in [-0.4, -0.2) is 41.1 Å². The molecule has 5 nitrogen and oxygen atoms in total. The first kappa shape index (κ1) is 18.0. The maximum atomic E-state index is 12.5. The van der Waals surface area contributed by atoms with Gasteiger partial charge in [-0.2, -0.15) is 0 Å². The number of hydrogen-bond acceptors (Lipinski definition) is 4. The van der Waals surface area contributed by atoms with Crippen molar-refractivity contribution in [2.45, 2.75) is 83.2 Å². The van der Waals surface area contributed by atoms with Crippen molar-refractivity contribution < 1.29 is 9.32 Å². The van der Waals surface area contributed by atoms with Crippen molar-refractivity contribution in [2.75, 3.05) is 13.1 Å². The summed E-state index contributed by atoms with van der Waals surface area (Å²) in [6.07, 6.45) is 9.95. The van der Waals surface area contributed by atoms with Gasteiger partial charge in [0, 0.05) is 37.2 Å². The standard InChI is InChI=1S/C21H33N3O2/c1-14-3-5-16(6-4-14)13-24-10-9-18(11-15(24)2)22-21(25)19-12-20(26-23-19)17-7-8-17/h12,14-18H,3-11,13H2,1-2H3,(H,22,25)/t14?,15-,16?,18?/m1/s1. The third kappa shape index (κ3) is 4.30. The fourth-order valence-electron chi connectivity index (χ4n) is 4.68. The number of piperidine rings is 1. The molecule has 3 fully saturated rings. The zero-order valence-electron chi connectivity index (χ0n) is 16.2. The molecule has 26 heavy (non-hydrogen) atoms. The van der Waals surface area contributed by atoms with Crippen LogP contribution in [0.5, 0.6) is 0 Å². The van der Waals surface area contributed by atoms with E-state index in [1.165, 1.54) is 32.2 Å². The maximum Gasteiger partial charge on any atom is 0.273 e. The molecule has 1 aromatic rings. The highest BCUT2D eigenvalue weighted by Crippen LogP contribution is 2.40. The summed E-state index contributed by atoms with van der Waals surface area (Å²) < 4.78 is 5.31. The average molecular weight is 360 g/mol. The monoisotopic (exact) mass is 359 g/mol. The van der Waals surface area contributed by atoms with Gasteiger partial charge in [-0.1, -0.05) is 24.9 Å². The van der Waals surface area contributed by atoms with Crippen molar-refractivity contribution in [3.05, 3.63) is 17.5 Å². The van der Waals surface area contributed by atoms with Gasteiger partial charge in [-0.3, -0.25) is 4.79 Å². The summed E-state index contributed by atoms with van der Waals surface area (Å²) in [5.41, 5.74) is 0.443. The van der Waals surface area contributed by atoms with Gasteiger partial charge < -0.3 is 14.7 Å². The average Bonchev–Trinajstić information content (AvgIpc) is 3.36. The minimum Gasteiger partial charge on any atom is -0.360 e. The Kier molecular flexibility index (Phi) is 5.35. The van der Waals surface area contributed by atoms with Gasteiger partial charge in [-0.25, -0.2) is 0 Å². The van der Waals surface area contributed by atoms with Gasteiger partial charge in [0.2, 0.25) is 0 Å². The third-order valence-electron chi connectivity index (χ3n) is 6.72. The second-order valence-electron chi connectivity index (χ2n) is 9.05. The zero-order chi connectivity index (χ0) is 18.1. The lowest BCUT2D eigenvalue weighted by Crippen LogP contribution is -2.50. The molecule has 144 valence electrons. The van der Waals surface area contributed by atoms with Crippen molar-refractivity contribution in [3.63, 3.8) is 0 Å². The number of nitrogens with one attached hydrogen (secondary N) is 1. The molecule has 0 radical (unpaired) electrons. The minimum absolute atomic E-state index is 0.0763. The Morgan fingerprint density at radius 3 is 2.65 bits per heavy atom. The molecule has 3 aliphatic rings. The SMILES string of the molecule is CC1CCC(CN2CCC(NC(=O)c3cc(C4CC4)on3)C[C@H]2C)CC1. The van der Waals surface area contributed by atoms with Gasteiger partial charge >= 0.3 is 0 Å². The van der Waals surface area contributed by atoms with E-state index in [1.807, 2.05) is 6.07 Å². The third-order valence-corrected chi connectivity index (χ3v) is 6.72. The van der Waals surface area contributed by atoms with Crippen LogP contribution in [0.3, 0.4) is 0 Å². The van der Waals surface area contributed by atoms with Crippen molar-refractivity contribution in [1.82, 2.24) is 15.4 Å². The van der Waals surface area contributed by atoms with E-state index in [4.69, 9.17) is 4.52 Å². The van der Waals surface area contributed by atoms with Crippen LogP contribution in [0.1, 0.15) is 87.4 Å². The van der Waals surface area contributed by atoms with Crippen LogP contribution < -0.4 is 5.32 Å². The Morgan fingerprint density at radius 2 is 1.96 bits per heavy atom. The molecule has 2 saturated carbocycles. The Balaban J connectivity index is 1.24. The maximum absolute atomic E-state index is 12.5. The van der Waals surface area contributed by atoms with E-state index in [1.54, 1.807) is 0 Å². The molecule has 1 saturated heterocycles. The number of aromatic nitrogens is 1. The lowest BCUT2D eigenvalue weighted by molar-refractivity contribution is 0.0812. The van der Waals surface area contributed by atoms with E-state index in [-0.39, 0.29) is 11.9 Å². The van der Waals surface area contributed by atoms with Crippen LogP contribution in [0.15, 0.2) is 10.6 Å². The van der Waals surface area contributed by atoms with Crippen LogP contribution in [0.4, 0.5) is 0 Å². The highest BCUT2D eigenvalue weighted by Gasteiger charge is 2.31. The van der Waals surface area contributed by atoms with E-state index in [0.29, 0.717) is 17.7 Å². The number of likely N-dealkylation sites (tertiary alicyclic amines) is 1. The molecule has 0 bridgehead atoms. The molecule has 5 heteroatoms. The zero-order valence-corrected chi connectivity index (χ0v) is 16.2. The summed E-state index contributed by atoms with van der Waals surface area (Å²) in [5, 5.41) is 7.14. The predicted octanol–water partition coefficient (Wildman–Crippen LogP) is 3.96. The smallest absolute Gasteiger partial charge is 0.273 e. The molecule has 4 rings (SSSR count). The molecule has 1 unspecified atom stereocenters. The van der Waals surface area contributed by atoms with E-state index < -0.39 is 0 Å². The number of nitrogens with zero attached hydrogens (tertiary/aromatic N) is 2. The predicted molar refractivity (Wildman–Crippen MR) is 101 cm³/mol. The van der Waals surface area contributed by atoms with Gasteiger partial charge in [-0.15, -0.1) is 0 Å². The second kappa shape index (κ2) is 7.71. The molecule has 1 N–H and O–H groups in total. The first-order valence-electron chi connectivity index (χ1n) is 10.6. The number of amides is 1. The number of hydrogen-bond donors (Lipinski definition) is 1. The molecule has 2 atom stereocenters. The van der Waals surface area contributed by atoms with E-state index >= 15 is 0 Å². The Hall–Kier alpha value is -1.36. The fourth-order valence-corrected chi connectivity index (χ4v) is 4.68. The van der Waals surface area contributed by atoms with Gasteiger partial charge in [0.15, 0.2) is 5.69 Å². The number of carbonyl (C=O) groups excluding carboxylic acids is 1. The van der Waals surface area contributed by atoms with E-state index in [0.717, 1.165) is 49.8 Å². The second-order valence-corrected chi connectivity index (χ2v) is 9.05. The van der Waals surface area contributed by atoms with Crippen molar-refractivity contribution >= 4 is 5.91 Å². The van der Waals surface area contributed by atoms with Crippen LogP contribution in [-0.2, 0) is 0 Å². The Bertz CT molecular complexity index is 617. The molecular weight excluding hydrogens is 326 g/mol. The van der Waals surface area contributed by atoms with Crippen molar-refractivity contribution in [2.24, 2.45) is 11.8 Å². The first-order chi connectivity index (χ1) is 12.6. The topological polar surface area (TPSA) is 58.4 Å². The summed E-state index contributed by atoms with van der Waals surface area (Å²) in [4.78, 5) is 15.1. The largest absolute Gasteiger partial charge is 0.360 e. The molecule has 0 aromatic carbocycles. The molecule has 2 heterocycles. The summed E-state index contributed by atoms with van der Waals surface area (Å²) in [7, 11) is 0. The van der Waals surface area contributed by atoms with Crippen molar-refractivity contribution in [1.29, 1.82) is 0 Å². The highest BCUT2D eigenvalue weighted by atomic mass is 16.5. The molecule has 1 aliphatic heterocycles. The van der Waals surface area contributed by atoms with Crippen LogP contribution >= 0.6 is 0 Å². The van der Waals surface area contributed by atoms with Crippen molar-refractivity contribution in [3.8, 4) is 0 Å². The summed E-state index contributed by atoms with van der Waals surface area (Å²) in [5.74, 6) is 3.08. The van der Waals surface area contributed by atoms with Gasteiger partial charge in [0.05, 0.1) is 0 Å². The lowest BCUT2D eigenvalue weighted by Gasteiger charge is -2.40. The number of rotatable bonds is 5. The molecule has 2 aliphatic carbocycles. The van der Waals surface area contributed by atoms with Crippen LogP contribution in [0, 0.1) is 11.8 Å². The lowest BCUT2D eigenvalue weighted by atomic mass is 9.82. The highest BCUT2D eigenvalue weighted by molar-refractivity contribution is 5.92. The van der Waals surface area contributed by atoms with Crippen LogP contribution in [0.2, 0.25) is 0 Å². The summed E-state index contributed by atoms with van der Waals surface area (Å²) >= 11 is 0. The van der Waals surface area contributed by atoms with E-state index in [9.17, 15) is 4.79 Å². The minimum atomic E-state index is -0.0763. The quantitative estimate of drug-likeness (QED) is 0.864. The first-order valence-corrected chi connectivity index (χ1v) is 10.6. The number of carbonyl (C=O) groups is 1. The Labute approximate surface area is 156 Å². The molecule has 0 spiro atoms. The summed E-state index contributed by atoms with van der Waals surface area (Å²) in [6.45, 7) is 7.02. The normalized spacial score (nSPS) is 33.2. The van der Waals surface area contributed by atoms with Crippen LogP contribution in [0.25, 0.3) is 0 Å². The molecule has 1 aromatic heterocycles. The van der Waals surface area contributed by atoms with Gasteiger partial charge in [0.25, 0.3) is 5.91 Å². The van der Waals surface area contributed by atoms with Gasteiger partial charge in [-0.05, 0) is 57.3 Å².